The Bertz CT molecular complexity index is 1300. The van der Waals surface area contributed by atoms with Crippen molar-refractivity contribution >= 4 is 45.0 Å². The number of hydrogen-bond donors (Lipinski definition) is 2. The summed E-state index contributed by atoms with van der Waals surface area (Å²) in [5, 5.41) is 3.60. The van der Waals surface area contributed by atoms with Gasteiger partial charge in [0.2, 0.25) is 5.91 Å². The van der Waals surface area contributed by atoms with Gasteiger partial charge in [0.15, 0.2) is 5.16 Å². The third kappa shape index (κ3) is 3.67. The number of fused-ring (bicyclic) bond motifs is 3. The van der Waals surface area contributed by atoms with E-state index in [4.69, 9.17) is 0 Å². The van der Waals surface area contributed by atoms with Crippen LogP contribution >= 0.6 is 23.1 Å². The number of anilines is 1. The van der Waals surface area contributed by atoms with E-state index in [1.165, 1.54) is 29.6 Å². The molecule has 11 heteroatoms. The maximum atomic E-state index is 12.5. The van der Waals surface area contributed by atoms with Crippen molar-refractivity contribution in [3.05, 3.63) is 47.7 Å². The Balaban J connectivity index is 1.51. The van der Waals surface area contributed by atoms with Crippen LogP contribution in [0.5, 0.6) is 0 Å². The first-order valence-electron chi connectivity index (χ1n) is 9.09. The van der Waals surface area contributed by atoms with Gasteiger partial charge in [0.25, 0.3) is 11.1 Å². The molecule has 0 spiro atoms. The second-order valence-electron chi connectivity index (χ2n) is 6.87. The van der Waals surface area contributed by atoms with Crippen LogP contribution in [0.2, 0.25) is 0 Å². The highest BCUT2D eigenvalue weighted by Gasteiger charge is 2.20. The standard InChI is InChI=1S/C18H19N5O4S2/c1-22-11(7-13(25)23(2)18(22)27)19-12(24)8-28-17-20-15(26)14-9-5-3-4-6-10(9)29-16(14)21-17/h7H,3-6,8H2,1-2H3,(H,19,24)(H,20,21,26). The van der Waals surface area contributed by atoms with Crippen LogP contribution in [0.25, 0.3) is 10.2 Å². The van der Waals surface area contributed by atoms with Gasteiger partial charge in [-0.05, 0) is 31.2 Å². The molecule has 0 unspecified atom stereocenters. The smallest absolute Gasteiger partial charge is 0.311 e. The molecular weight excluding hydrogens is 414 g/mol. The van der Waals surface area contributed by atoms with E-state index in [9.17, 15) is 19.2 Å². The quantitative estimate of drug-likeness (QED) is 0.468. The number of nitrogens with one attached hydrogen (secondary N) is 2. The monoisotopic (exact) mass is 433 g/mol. The largest absolute Gasteiger partial charge is 0.332 e. The molecule has 3 heterocycles. The maximum absolute atomic E-state index is 12.5. The Morgan fingerprint density at radius 3 is 2.79 bits per heavy atom. The molecule has 0 aliphatic heterocycles. The number of carbonyl (C=O) groups is 1. The summed E-state index contributed by atoms with van der Waals surface area (Å²) in [5.74, 6) is -0.318. The summed E-state index contributed by atoms with van der Waals surface area (Å²) in [5.41, 5.74) is -0.0927. The van der Waals surface area contributed by atoms with E-state index in [1.54, 1.807) is 11.3 Å². The lowest BCUT2D eigenvalue weighted by Gasteiger charge is -2.10. The lowest BCUT2D eigenvalue weighted by molar-refractivity contribution is -0.113. The maximum Gasteiger partial charge on any atom is 0.332 e. The van der Waals surface area contributed by atoms with Crippen LogP contribution in [0.3, 0.4) is 0 Å². The average Bonchev–Trinajstić information content (AvgIpc) is 3.07. The summed E-state index contributed by atoms with van der Waals surface area (Å²) < 4.78 is 2.14. The van der Waals surface area contributed by atoms with Crippen molar-refractivity contribution in [3.8, 4) is 0 Å². The third-order valence-electron chi connectivity index (χ3n) is 4.94. The van der Waals surface area contributed by atoms with Gasteiger partial charge in [-0.25, -0.2) is 9.78 Å². The molecule has 0 saturated carbocycles. The van der Waals surface area contributed by atoms with Crippen molar-refractivity contribution in [2.45, 2.75) is 30.8 Å². The van der Waals surface area contributed by atoms with Crippen LogP contribution < -0.4 is 22.1 Å². The van der Waals surface area contributed by atoms with Crippen LogP contribution in [0.4, 0.5) is 5.82 Å². The highest BCUT2D eigenvalue weighted by molar-refractivity contribution is 7.99. The molecule has 0 fully saturated rings. The molecule has 152 valence electrons. The zero-order valence-corrected chi connectivity index (χ0v) is 17.5. The number of thiophene rings is 1. The van der Waals surface area contributed by atoms with Crippen LogP contribution in [0, 0.1) is 0 Å². The molecule has 4 rings (SSSR count). The van der Waals surface area contributed by atoms with E-state index in [0.717, 1.165) is 47.6 Å². The Morgan fingerprint density at radius 1 is 1.24 bits per heavy atom. The number of aromatic nitrogens is 4. The Hall–Kier alpha value is -2.66. The molecule has 1 amide bonds. The van der Waals surface area contributed by atoms with Crippen LogP contribution in [-0.2, 0) is 31.7 Å². The van der Waals surface area contributed by atoms with Gasteiger partial charge in [-0.3, -0.25) is 23.5 Å². The molecule has 0 saturated heterocycles. The molecule has 0 bridgehead atoms. The van der Waals surface area contributed by atoms with Crippen LogP contribution in [0.1, 0.15) is 23.3 Å². The number of carbonyl (C=O) groups excluding carboxylic acids is 1. The molecule has 1 aliphatic carbocycles. The van der Waals surface area contributed by atoms with E-state index in [1.807, 2.05) is 0 Å². The minimum atomic E-state index is -0.529. The molecule has 0 radical (unpaired) electrons. The van der Waals surface area contributed by atoms with Gasteiger partial charge in [0, 0.05) is 25.0 Å². The topological polar surface area (TPSA) is 119 Å². The third-order valence-corrected chi connectivity index (χ3v) is 7.00. The second kappa shape index (κ2) is 7.64. The summed E-state index contributed by atoms with van der Waals surface area (Å²) in [6.45, 7) is 0. The number of H-pyrrole nitrogens is 1. The molecule has 0 aromatic carbocycles. The van der Waals surface area contributed by atoms with E-state index < -0.39 is 17.2 Å². The van der Waals surface area contributed by atoms with Crippen molar-refractivity contribution in [2.75, 3.05) is 11.1 Å². The Kier molecular flexibility index (Phi) is 5.17. The number of amides is 1. The molecule has 29 heavy (non-hydrogen) atoms. The van der Waals surface area contributed by atoms with Crippen molar-refractivity contribution in [3.63, 3.8) is 0 Å². The number of thioether (sulfide) groups is 1. The van der Waals surface area contributed by atoms with Crippen molar-refractivity contribution in [1.29, 1.82) is 0 Å². The summed E-state index contributed by atoms with van der Waals surface area (Å²) in [6, 6.07) is 1.19. The fourth-order valence-corrected chi connectivity index (χ4v) is 5.36. The number of hydrogen-bond acceptors (Lipinski definition) is 7. The van der Waals surface area contributed by atoms with E-state index in [2.05, 4.69) is 15.3 Å². The first kappa shape index (κ1) is 19.6. The van der Waals surface area contributed by atoms with E-state index >= 15 is 0 Å². The van der Waals surface area contributed by atoms with Crippen molar-refractivity contribution < 1.29 is 4.79 Å². The molecule has 3 aromatic rings. The number of aromatic amines is 1. The van der Waals surface area contributed by atoms with E-state index in [0.29, 0.717) is 15.4 Å². The lowest BCUT2D eigenvalue weighted by atomic mass is 9.97. The minimum absolute atomic E-state index is 0.0249. The minimum Gasteiger partial charge on any atom is -0.311 e. The summed E-state index contributed by atoms with van der Waals surface area (Å²) in [7, 11) is 2.84. The number of rotatable bonds is 4. The van der Waals surface area contributed by atoms with Gasteiger partial charge in [0.1, 0.15) is 10.6 Å². The Morgan fingerprint density at radius 2 is 2.00 bits per heavy atom. The fraction of sp³-hybridized carbons (Fsp3) is 0.389. The van der Waals surface area contributed by atoms with Gasteiger partial charge >= 0.3 is 5.69 Å². The van der Waals surface area contributed by atoms with Crippen LogP contribution in [0.15, 0.2) is 25.6 Å². The molecule has 2 N–H and O–H groups in total. The molecular formula is C18H19N5O4S2. The highest BCUT2D eigenvalue weighted by atomic mass is 32.2. The zero-order chi connectivity index (χ0) is 20.7. The molecule has 9 nitrogen and oxygen atoms in total. The summed E-state index contributed by atoms with van der Waals surface area (Å²) in [4.78, 5) is 57.7. The number of aryl methyl sites for hydroxylation is 2. The molecule has 3 aromatic heterocycles. The SMILES string of the molecule is Cn1c(NC(=O)CSc2nc3sc4c(c3c(=O)[nH]2)CCCC4)cc(=O)n(C)c1=O. The summed E-state index contributed by atoms with van der Waals surface area (Å²) in [6.07, 6.45) is 4.10. The van der Waals surface area contributed by atoms with Gasteiger partial charge in [-0.15, -0.1) is 11.3 Å². The first-order chi connectivity index (χ1) is 13.8. The normalized spacial score (nSPS) is 13.4. The lowest BCUT2D eigenvalue weighted by Crippen LogP contribution is -2.38. The predicted octanol–water partition coefficient (Wildman–Crippen LogP) is 0.992. The van der Waals surface area contributed by atoms with Crippen molar-refractivity contribution in [2.24, 2.45) is 14.1 Å². The second-order valence-corrected chi connectivity index (χ2v) is 8.92. The predicted molar refractivity (Wildman–Crippen MR) is 113 cm³/mol. The Labute approximate surface area is 172 Å². The summed E-state index contributed by atoms with van der Waals surface area (Å²) >= 11 is 2.65. The zero-order valence-electron chi connectivity index (χ0n) is 15.9. The van der Waals surface area contributed by atoms with Gasteiger partial charge < -0.3 is 10.3 Å². The van der Waals surface area contributed by atoms with E-state index in [-0.39, 0.29) is 17.1 Å². The molecule has 1 aliphatic rings. The van der Waals surface area contributed by atoms with Crippen LogP contribution in [-0.4, -0.2) is 30.8 Å². The first-order valence-corrected chi connectivity index (χ1v) is 10.9. The van der Waals surface area contributed by atoms with Crippen molar-refractivity contribution in [1.82, 2.24) is 19.1 Å². The van der Waals surface area contributed by atoms with Gasteiger partial charge in [-0.2, -0.15) is 0 Å². The molecule has 0 atom stereocenters. The van der Waals surface area contributed by atoms with Gasteiger partial charge in [-0.1, -0.05) is 11.8 Å². The average molecular weight is 434 g/mol. The highest BCUT2D eigenvalue weighted by Crippen LogP contribution is 2.34. The number of nitrogens with zero attached hydrogens (tertiary/aromatic N) is 3. The fourth-order valence-electron chi connectivity index (χ4n) is 3.38. The van der Waals surface area contributed by atoms with Gasteiger partial charge in [0.05, 0.1) is 11.1 Å².